The van der Waals surface area contributed by atoms with E-state index in [9.17, 15) is 4.79 Å². The number of benzene rings is 3. The van der Waals surface area contributed by atoms with Gasteiger partial charge in [0.15, 0.2) is 0 Å². The van der Waals surface area contributed by atoms with Crippen molar-refractivity contribution in [2.45, 2.75) is 6.61 Å². The average molecular weight is 354 g/mol. The predicted octanol–water partition coefficient (Wildman–Crippen LogP) is 5.07. The zero-order chi connectivity index (χ0) is 18.5. The van der Waals surface area contributed by atoms with E-state index < -0.39 is 0 Å². The Kier molecular flexibility index (Phi) is 4.79. The van der Waals surface area contributed by atoms with Gasteiger partial charge in [0.25, 0.3) is 5.91 Å². The summed E-state index contributed by atoms with van der Waals surface area (Å²) < 4.78 is 5.91. The summed E-state index contributed by atoms with van der Waals surface area (Å²) in [5.74, 6) is 0.647. The van der Waals surface area contributed by atoms with E-state index in [1.54, 1.807) is 30.6 Å². The molecule has 0 radical (unpaired) electrons. The Balaban J connectivity index is 1.44. The van der Waals surface area contributed by atoms with Gasteiger partial charge in [0.2, 0.25) is 0 Å². The molecule has 0 aliphatic rings. The minimum absolute atomic E-state index is 0.159. The second-order valence-electron chi connectivity index (χ2n) is 6.19. The third kappa shape index (κ3) is 4.12. The Morgan fingerprint density at radius 3 is 2.52 bits per heavy atom. The van der Waals surface area contributed by atoms with E-state index in [1.165, 1.54) is 5.39 Å². The Labute approximate surface area is 157 Å². The van der Waals surface area contributed by atoms with Crippen LogP contribution < -0.4 is 10.1 Å². The number of hydrogen-bond acceptors (Lipinski definition) is 3. The summed E-state index contributed by atoms with van der Waals surface area (Å²) in [5, 5.41) is 5.18. The van der Waals surface area contributed by atoms with Gasteiger partial charge in [0, 0.05) is 23.6 Å². The number of pyridine rings is 1. The molecule has 27 heavy (non-hydrogen) atoms. The van der Waals surface area contributed by atoms with Crippen LogP contribution in [0.5, 0.6) is 5.75 Å². The van der Waals surface area contributed by atoms with Crippen LogP contribution in [-0.4, -0.2) is 10.9 Å². The van der Waals surface area contributed by atoms with Crippen LogP contribution >= 0.6 is 0 Å². The topological polar surface area (TPSA) is 51.2 Å². The van der Waals surface area contributed by atoms with Crippen molar-refractivity contribution in [2.75, 3.05) is 5.32 Å². The highest BCUT2D eigenvalue weighted by Gasteiger charge is 2.07. The fourth-order valence-electron chi connectivity index (χ4n) is 2.86. The average Bonchev–Trinajstić information content (AvgIpc) is 2.73. The third-order valence-electron chi connectivity index (χ3n) is 4.25. The number of nitrogens with one attached hydrogen (secondary N) is 1. The van der Waals surface area contributed by atoms with Crippen LogP contribution in [-0.2, 0) is 6.61 Å². The first-order valence-corrected chi connectivity index (χ1v) is 8.70. The van der Waals surface area contributed by atoms with Gasteiger partial charge in [-0.2, -0.15) is 0 Å². The van der Waals surface area contributed by atoms with Crippen molar-refractivity contribution in [3.05, 3.63) is 102 Å². The summed E-state index contributed by atoms with van der Waals surface area (Å²) in [4.78, 5) is 16.4. The minimum Gasteiger partial charge on any atom is -0.489 e. The lowest BCUT2D eigenvalue weighted by Gasteiger charge is -2.09. The van der Waals surface area contributed by atoms with Gasteiger partial charge in [-0.3, -0.25) is 9.78 Å². The van der Waals surface area contributed by atoms with Crippen LogP contribution in [0.1, 0.15) is 15.9 Å². The maximum absolute atomic E-state index is 12.4. The number of aromatic nitrogens is 1. The van der Waals surface area contributed by atoms with Crippen LogP contribution in [0, 0.1) is 0 Å². The Hall–Kier alpha value is -3.66. The lowest BCUT2D eigenvalue weighted by molar-refractivity contribution is 0.102. The molecule has 0 saturated heterocycles. The fourth-order valence-corrected chi connectivity index (χ4v) is 2.86. The van der Waals surface area contributed by atoms with E-state index in [2.05, 4.69) is 22.4 Å². The highest BCUT2D eigenvalue weighted by atomic mass is 16.5. The van der Waals surface area contributed by atoms with E-state index in [-0.39, 0.29) is 5.91 Å². The molecule has 0 aliphatic heterocycles. The van der Waals surface area contributed by atoms with Gasteiger partial charge < -0.3 is 10.1 Å². The lowest BCUT2D eigenvalue weighted by Crippen LogP contribution is -2.12. The summed E-state index contributed by atoms with van der Waals surface area (Å²) in [6.07, 6.45) is 3.28. The molecule has 0 saturated carbocycles. The number of hydrogen-bond donors (Lipinski definition) is 1. The first-order valence-electron chi connectivity index (χ1n) is 8.70. The lowest BCUT2D eigenvalue weighted by atomic mass is 10.1. The number of ether oxygens (including phenoxy) is 1. The largest absolute Gasteiger partial charge is 0.489 e. The van der Waals surface area contributed by atoms with Crippen molar-refractivity contribution in [3.8, 4) is 5.75 Å². The summed E-state index contributed by atoms with van der Waals surface area (Å²) in [6, 6.07) is 25.1. The van der Waals surface area contributed by atoms with Gasteiger partial charge in [-0.15, -0.1) is 0 Å². The number of carbonyl (C=O) groups is 1. The van der Waals surface area contributed by atoms with Crippen molar-refractivity contribution in [3.63, 3.8) is 0 Å². The number of nitrogens with zero attached hydrogens (tertiary/aromatic N) is 1. The molecule has 1 aromatic heterocycles. The highest BCUT2D eigenvalue weighted by molar-refractivity contribution is 6.04. The van der Waals surface area contributed by atoms with Crippen molar-refractivity contribution in [2.24, 2.45) is 0 Å². The van der Waals surface area contributed by atoms with Gasteiger partial charge in [0.1, 0.15) is 12.4 Å². The second-order valence-corrected chi connectivity index (χ2v) is 6.19. The molecule has 1 amide bonds. The molecule has 1 heterocycles. The molecule has 4 nitrogen and oxygen atoms in total. The molecule has 4 aromatic rings. The van der Waals surface area contributed by atoms with Gasteiger partial charge in [-0.25, -0.2) is 0 Å². The molecule has 0 bridgehead atoms. The molecular weight excluding hydrogens is 336 g/mol. The van der Waals surface area contributed by atoms with Gasteiger partial charge in [-0.1, -0.05) is 42.5 Å². The van der Waals surface area contributed by atoms with Gasteiger partial charge >= 0.3 is 0 Å². The first-order chi connectivity index (χ1) is 13.3. The monoisotopic (exact) mass is 354 g/mol. The summed E-state index contributed by atoms with van der Waals surface area (Å²) >= 11 is 0. The number of carbonyl (C=O) groups excluding carboxylic acids is 1. The molecule has 4 rings (SSSR count). The first kappa shape index (κ1) is 16.8. The molecule has 0 aliphatic carbocycles. The van der Waals surface area contributed by atoms with Crippen molar-refractivity contribution in [1.82, 2.24) is 4.98 Å². The Morgan fingerprint density at radius 2 is 1.67 bits per heavy atom. The van der Waals surface area contributed by atoms with Crippen LogP contribution in [0.15, 0.2) is 91.3 Å². The van der Waals surface area contributed by atoms with Crippen molar-refractivity contribution >= 4 is 22.4 Å². The van der Waals surface area contributed by atoms with E-state index in [0.717, 1.165) is 16.7 Å². The SMILES string of the molecule is O=C(Nc1ccncc1)c1cccc(COc2ccc3ccccc3c2)c1. The molecule has 1 N–H and O–H groups in total. The molecule has 3 aromatic carbocycles. The van der Waals surface area contributed by atoms with E-state index in [4.69, 9.17) is 4.74 Å². The highest BCUT2D eigenvalue weighted by Crippen LogP contribution is 2.21. The Morgan fingerprint density at radius 1 is 0.852 bits per heavy atom. The zero-order valence-corrected chi connectivity index (χ0v) is 14.6. The summed E-state index contributed by atoms with van der Waals surface area (Å²) in [7, 11) is 0. The maximum Gasteiger partial charge on any atom is 0.255 e. The smallest absolute Gasteiger partial charge is 0.255 e. The predicted molar refractivity (Wildman–Crippen MR) is 107 cm³/mol. The summed E-state index contributed by atoms with van der Waals surface area (Å²) in [5.41, 5.74) is 2.24. The molecule has 0 unspecified atom stereocenters. The minimum atomic E-state index is -0.159. The number of fused-ring (bicyclic) bond motifs is 1. The van der Waals surface area contributed by atoms with Crippen molar-refractivity contribution in [1.29, 1.82) is 0 Å². The molecule has 4 heteroatoms. The molecule has 0 atom stereocenters. The Bertz CT molecular complexity index is 1080. The normalized spacial score (nSPS) is 10.5. The van der Waals surface area contributed by atoms with Crippen LogP contribution in [0.2, 0.25) is 0 Å². The quantitative estimate of drug-likeness (QED) is 0.545. The maximum atomic E-state index is 12.4. The van der Waals surface area contributed by atoms with Crippen LogP contribution in [0.25, 0.3) is 10.8 Å². The van der Waals surface area contributed by atoms with Gasteiger partial charge in [-0.05, 0) is 52.7 Å². The van der Waals surface area contributed by atoms with E-state index in [1.807, 2.05) is 48.5 Å². The van der Waals surface area contributed by atoms with Crippen molar-refractivity contribution < 1.29 is 9.53 Å². The fraction of sp³-hybridized carbons (Fsp3) is 0.0435. The number of rotatable bonds is 5. The molecule has 132 valence electrons. The number of amides is 1. The van der Waals surface area contributed by atoms with Crippen LogP contribution in [0.4, 0.5) is 5.69 Å². The van der Waals surface area contributed by atoms with Gasteiger partial charge in [0.05, 0.1) is 0 Å². The molecule has 0 fully saturated rings. The van der Waals surface area contributed by atoms with E-state index in [0.29, 0.717) is 17.9 Å². The van der Waals surface area contributed by atoms with Crippen LogP contribution in [0.3, 0.4) is 0 Å². The van der Waals surface area contributed by atoms with E-state index >= 15 is 0 Å². The second kappa shape index (κ2) is 7.70. The zero-order valence-electron chi connectivity index (χ0n) is 14.6. The molecular formula is C23H18N2O2. The standard InChI is InChI=1S/C23H18N2O2/c26-23(25-21-10-12-24-13-11-21)20-7-3-4-17(14-20)16-27-22-9-8-18-5-1-2-6-19(18)15-22/h1-15H,16H2,(H,24,25,26). The third-order valence-corrected chi connectivity index (χ3v) is 4.25. The molecule has 0 spiro atoms. The summed E-state index contributed by atoms with van der Waals surface area (Å²) in [6.45, 7) is 0.398. The number of anilines is 1.